The molecule has 126 valence electrons. The molecule has 0 saturated carbocycles. The van der Waals surface area contributed by atoms with Gasteiger partial charge in [-0.2, -0.15) is 0 Å². The minimum Gasteiger partial charge on any atom is -0.483 e. The predicted molar refractivity (Wildman–Crippen MR) is 105 cm³/mol. The van der Waals surface area contributed by atoms with E-state index in [1.807, 2.05) is 48.5 Å². The van der Waals surface area contributed by atoms with E-state index in [4.69, 9.17) is 17.0 Å². The van der Waals surface area contributed by atoms with Gasteiger partial charge in [0.25, 0.3) is 5.91 Å². The monoisotopic (exact) mass is 406 g/mol. The average molecular weight is 407 g/mol. The molecule has 0 aliphatic rings. The Bertz CT molecular complexity index is 734. The van der Waals surface area contributed by atoms with Crippen molar-refractivity contribution in [3.05, 3.63) is 58.6 Å². The maximum absolute atomic E-state index is 12.0. The van der Waals surface area contributed by atoms with Gasteiger partial charge in [0.1, 0.15) is 5.75 Å². The van der Waals surface area contributed by atoms with Crippen LogP contribution in [0.2, 0.25) is 0 Å². The summed E-state index contributed by atoms with van der Waals surface area (Å²) in [5, 5.41) is 5.81. The molecule has 0 fully saturated rings. The molecule has 4 nitrogen and oxygen atoms in total. The van der Waals surface area contributed by atoms with Crippen LogP contribution in [0.1, 0.15) is 25.3 Å². The van der Waals surface area contributed by atoms with Crippen molar-refractivity contribution < 1.29 is 9.53 Å². The lowest BCUT2D eigenvalue weighted by Gasteiger charge is -2.14. The van der Waals surface area contributed by atoms with E-state index in [-0.39, 0.29) is 17.6 Å². The molecule has 0 saturated heterocycles. The summed E-state index contributed by atoms with van der Waals surface area (Å²) in [5.74, 6) is 0.730. The van der Waals surface area contributed by atoms with E-state index < -0.39 is 0 Å². The van der Waals surface area contributed by atoms with Gasteiger partial charge in [0, 0.05) is 4.47 Å². The number of hydrogen-bond donors (Lipinski definition) is 2. The van der Waals surface area contributed by atoms with Crippen molar-refractivity contribution in [2.24, 2.45) is 0 Å². The second kappa shape index (κ2) is 8.80. The summed E-state index contributed by atoms with van der Waals surface area (Å²) < 4.78 is 6.49. The molecule has 2 aromatic rings. The van der Waals surface area contributed by atoms with Gasteiger partial charge in [0.05, 0.1) is 5.69 Å². The number of nitrogens with one attached hydrogen (secondary N) is 2. The highest BCUT2D eigenvalue weighted by Crippen LogP contribution is 2.25. The summed E-state index contributed by atoms with van der Waals surface area (Å²) >= 11 is 8.56. The number of ether oxygens (including phenoxy) is 1. The summed E-state index contributed by atoms with van der Waals surface area (Å²) in [4.78, 5) is 12.0. The molecule has 0 radical (unpaired) electrons. The van der Waals surface area contributed by atoms with E-state index >= 15 is 0 Å². The molecule has 2 aromatic carbocycles. The molecule has 0 aliphatic carbocycles. The van der Waals surface area contributed by atoms with Crippen LogP contribution in [0.4, 0.5) is 5.69 Å². The third-order valence-corrected chi connectivity index (χ3v) is 4.17. The number of rotatable bonds is 5. The Kier molecular flexibility index (Phi) is 6.75. The Morgan fingerprint density at radius 2 is 1.83 bits per heavy atom. The SMILES string of the molecule is CC(C)c1ccccc1OCC(=O)NC(=S)Nc1ccccc1Br. The molecule has 2 N–H and O–H groups in total. The Morgan fingerprint density at radius 1 is 1.17 bits per heavy atom. The smallest absolute Gasteiger partial charge is 0.264 e. The van der Waals surface area contributed by atoms with Gasteiger partial charge in [-0.1, -0.05) is 44.2 Å². The number of carbonyl (C=O) groups is 1. The van der Waals surface area contributed by atoms with Crippen molar-refractivity contribution >= 4 is 44.9 Å². The number of amides is 1. The van der Waals surface area contributed by atoms with Crippen LogP contribution in [0, 0.1) is 0 Å². The lowest BCUT2D eigenvalue weighted by molar-refractivity contribution is -0.121. The highest BCUT2D eigenvalue weighted by atomic mass is 79.9. The number of hydrogen-bond acceptors (Lipinski definition) is 3. The molecule has 0 bridgehead atoms. The third kappa shape index (κ3) is 5.32. The van der Waals surface area contributed by atoms with Crippen LogP contribution in [-0.2, 0) is 4.79 Å². The van der Waals surface area contributed by atoms with E-state index in [1.165, 1.54) is 0 Å². The van der Waals surface area contributed by atoms with Crippen molar-refractivity contribution in [3.63, 3.8) is 0 Å². The topological polar surface area (TPSA) is 50.4 Å². The summed E-state index contributed by atoms with van der Waals surface area (Å²) in [6.07, 6.45) is 0. The fourth-order valence-electron chi connectivity index (χ4n) is 2.11. The van der Waals surface area contributed by atoms with Gasteiger partial charge in [-0.05, 0) is 57.8 Å². The van der Waals surface area contributed by atoms with Crippen molar-refractivity contribution in [3.8, 4) is 5.75 Å². The molecule has 0 aromatic heterocycles. The van der Waals surface area contributed by atoms with Gasteiger partial charge >= 0.3 is 0 Å². The molecular formula is C18H19BrN2O2S. The molecule has 0 spiro atoms. The average Bonchev–Trinajstić information content (AvgIpc) is 2.55. The van der Waals surface area contributed by atoms with Crippen molar-refractivity contribution in [2.75, 3.05) is 11.9 Å². The van der Waals surface area contributed by atoms with E-state index in [0.29, 0.717) is 11.7 Å². The first-order valence-electron chi connectivity index (χ1n) is 7.54. The van der Waals surface area contributed by atoms with Crippen LogP contribution in [0.3, 0.4) is 0 Å². The zero-order valence-electron chi connectivity index (χ0n) is 13.5. The van der Waals surface area contributed by atoms with Gasteiger partial charge in [0.15, 0.2) is 11.7 Å². The Hall–Kier alpha value is -1.92. The normalized spacial score (nSPS) is 10.3. The standard InChI is InChI=1S/C18H19BrN2O2S/c1-12(2)13-7-3-6-10-16(13)23-11-17(22)21-18(24)20-15-9-5-4-8-14(15)19/h3-10,12H,11H2,1-2H3,(H2,20,21,22,24). The fraction of sp³-hybridized carbons (Fsp3) is 0.222. The zero-order valence-corrected chi connectivity index (χ0v) is 15.9. The van der Waals surface area contributed by atoms with Gasteiger partial charge in [-0.15, -0.1) is 0 Å². The number of para-hydroxylation sites is 2. The maximum atomic E-state index is 12.0. The number of thiocarbonyl (C=S) groups is 1. The third-order valence-electron chi connectivity index (χ3n) is 3.27. The number of benzene rings is 2. The van der Waals surface area contributed by atoms with E-state index in [9.17, 15) is 4.79 Å². The summed E-state index contributed by atoms with van der Waals surface area (Å²) in [6, 6.07) is 15.2. The summed E-state index contributed by atoms with van der Waals surface area (Å²) in [6.45, 7) is 4.07. The molecule has 24 heavy (non-hydrogen) atoms. The zero-order chi connectivity index (χ0) is 17.5. The quantitative estimate of drug-likeness (QED) is 0.719. The highest BCUT2D eigenvalue weighted by Gasteiger charge is 2.10. The van der Waals surface area contributed by atoms with Crippen molar-refractivity contribution in [2.45, 2.75) is 19.8 Å². The molecule has 0 heterocycles. The number of anilines is 1. The lowest BCUT2D eigenvalue weighted by atomic mass is 10.0. The van der Waals surface area contributed by atoms with E-state index in [1.54, 1.807) is 0 Å². The van der Waals surface area contributed by atoms with Gasteiger partial charge < -0.3 is 10.1 Å². The first-order chi connectivity index (χ1) is 11.5. The second-order valence-corrected chi connectivity index (χ2v) is 6.73. The minimum atomic E-state index is -0.307. The van der Waals surface area contributed by atoms with Crippen molar-refractivity contribution in [1.29, 1.82) is 0 Å². The molecule has 0 atom stereocenters. The van der Waals surface area contributed by atoms with Gasteiger partial charge in [-0.3, -0.25) is 10.1 Å². The summed E-state index contributed by atoms with van der Waals surface area (Å²) in [5.41, 5.74) is 1.85. The van der Waals surface area contributed by atoms with Crippen LogP contribution in [0.5, 0.6) is 5.75 Å². The van der Waals surface area contributed by atoms with E-state index in [0.717, 1.165) is 15.7 Å². The highest BCUT2D eigenvalue weighted by molar-refractivity contribution is 9.10. The van der Waals surface area contributed by atoms with Crippen LogP contribution < -0.4 is 15.4 Å². The number of carbonyl (C=O) groups excluding carboxylic acids is 1. The lowest BCUT2D eigenvalue weighted by Crippen LogP contribution is -2.37. The summed E-state index contributed by atoms with van der Waals surface area (Å²) in [7, 11) is 0. The van der Waals surface area contributed by atoms with Crippen LogP contribution in [-0.4, -0.2) is 17.6 Å². The largest absolute Gasteiger partial charge is 0.483 e. The van der Waals surface area contributed by atoms with Crippen LogP contribution in [0.15, 0.2) is 53.0 Å². The number of halogens is 1. The van der Waals surface area contributed by atoms with Gasteiger partial charge in [-0.25, -0.2) is 0 Å². The molecule has 0 aliphatic heterocycles. The Balaban J connectivity index is 1.88. The van der Waals surface area contributed by atoms with Crippen molar-refractivity contribution in [1.82, 2.24) is 5.32 Å². The predicted octanol–water partition coefficient (Wildman–Crippen LogP) is 4.46. The minimum absolute atomic E-state index is 0.0957. The molecular weight excluding hydrogens is 388 g/mol. The molecule has 6 heteroatoms. The molecule has 1 amide bonds. The van der Waals surface area contributed by atoms with E-state index in [2.05, 4.69) is 40.4 Å². The van der Waals surface area contributed by atoms with Crippen LogP contribution >= 0.6 is 28.1 Å². The second-order valence-electron chi connectivity index (χ2n) is 5.46. The molecule has 0 unspecified atom stereocenters. The maximum Gasteiger partial charge on any atom is 0.264 e. The molecule has 2 rings (SSSR count). The van der Waals surface area contributed by atoms with Gasteiger partial charge in [0.2, 0.25) is 0 Å². The first-order valence-corrected chi connectivity index (χ1v) is 8.74. The Morgan fingerprint density at radius 3 is 2.54 bits per heavy atom. The first kappa shape index (κ1) is 18.4. The van der Waals surface area contributed by atoms with Crippen LogP contribution in [0.25, 0.3) is 0 Å². The fourth-order valence-corrected chi connectivity index (χ4v) is 2.72. The Labute approximate surface area is 155 Å².